The number of hydrogen-bond donors (Lipinski definition) is 1. The number of aromatic nitrogens is 1. The molecule has 7 heteroatoms. The Morgan fingerprint density at radius 3 is 0.779 bits per heavy atom. The summed E-state index contributed by atoms with van der Waals surface area (Å²) in [6.45, 7) is 0. The normalized spacial score (nSPS) is 12.4. The van der Waals surface area contributed by atoms with E-state index in [9.17, 15) is 0 Å². The Hall–Kier alpha value is -13.9. The number of H-pyrrole nitrogens is 1. The van der Waals surface area contributed by atoms with Gasteiger partial charge in [0.05, 0.1) is 10.9 Å². The molecule has 23 rings (SSSR count). The van der Waals surface area contributed by atoms with E-state index in [-0.39, 0.29) is 0 Å². The highest BCUT2D eigenvalue weighted by Gasteiger charge is 2.41. The van der Waals surface area contributed by atoms with Gasteiger partial charge < -0.3 is 31.5 Å². The van der Waals surface area contributed by atoms with Crippen LogP contribution in [0.1, 0.15) is 22.3 Å². The van der Waals surface area contributed by atoms with E-state index < -0.39 is 5.41 Å². The molecule has 1 N–H and O–H groups in total. The summed E-state index contributed by atoms with van der Waals surface area (Å²) in [4.78, 5) is 3.75. The maximum Gasteiger partial charge on any atom is 0.139 e. The van der Waals surface area contributed by atoms with Gasteiger partial charge in [-0.3, -0.25) is 0 Å². The molecule has 104 heavy (non-hydrogen) atoms. The van der Waals surface area contributed by atoms with Gasteiger partial charge >= 0.3 is 0 Å². The van der Waals surface area contributed by atoms with Crippen LogP contribution in [0.5, 0.6) is 0 Å². The van der Waals surface area contributed by atoms with E-state index in [2.05, 4.69) is 333 Å². The standard InChI is InChI=1S/C97H55NO6/c1-5-14-55(15-6-1)59-22-13-23-60(40-59)64-27-35-85-71(44-64)74-45-65(28-36-88(74)99-85)97(66-29-37-89-75(46-66)78-49-70-69-41-61(56-16-7-2-8-17-56)24-32-83(69)98-84(70)52-92(78)100-89,67-30-38-90-76(47-67)81-50-79-72-42-62(57-18-9-3-10-19-57)25-33-86(72)101-93(79)53-95(81)103-90)68-31-39-91-77(48-68)82-51-80-73-43-63(58-20-11-4-12-21-58)26-34-87(73)102-94(80)54-96(82)104-91/h1-54,98H. The minimum Gasteiger partial charge on any atom is -0.456 e. The third-order valence-electron chi connectivity index (χ3n) is 22.1. The molecule has 0 aliphatic heterocycles. The lowest BCUT2D eigenvalue weighted by molar-refractivity contribution is 0.655. The molecule has 23 aromatic rings. The summed E-state index contributed by atoms with van der Waals surface area (Å²) in [7, 11) is 0. The summed E-state index contributed by atoms with van der Waals surface area (Å²) in [5, 5.41) is 14.3. The van der Waals surface area contributed by atoms with Gasteiger partial charge in [0.25, 0.3) is 0 Å². The van der Waals surface area contributed by atoms with Crippen LogP contribution in [-0.2, 0) is 5.41 Å². The van der Waals surface area contributed by atoms with E-state index in [1.54, 1.807) is 0 Å². The molecule has 484 valence electrons. The van der Waals surface area contributed by atoms with Crippen LogP contribution in [0.25, 0.3) is 209 Å². The van der Waals surface area contributed by atoms with Crippen molar-refractivity contribution in [2.24, 2.45) is 0 Å². The molecule has 0 radical (unpaired) electrons. The monoisotopic (exact) mass is 1330 g/mol. The Labute approximate surface area is 592 Å². The zero-order valence-electron chi connectivity index (χ0n) is 55.6. The number of aromatic amines is 1. The van der Waals surface area contributed by atoms with E-state index in [0.29, 0.717) is 0 Å². The fourth-order valence-corrected chi connectivity index (χ4v) is 17.1. The molecule has 0 bridgehead atoms. The van der Waals surface area contributed by atoms with Gasteiger partial charge in [0.2, 0.25) is 0 Å². The van der Waals surface area contributed by atoms with E-state index in [1.807, 2.05) is 0 Å². The Morgan fingerprint density at radius 2 is 0.404 bits per heavy atom. The van der Waals surface area contributed by atoms with Gasteiger partial charge in [-0.05, 0) is 199 Å². The first-order valence-electron chi connectivity index (χ1n) is 35.3. The Bertz CT molecular complexity index is 6970. The fraction of sp³-hybridized carbons (Fsp3) is 0.0103. The third-order valence-corrected chi connectivity index (χ3v) is 22.1. The molecule has 0 amide bonds. The van der Waals surface area contributed by atoms with Crippen LogP contribution in [0.15, 0.2) is 354 Å². The summed E-state index contributed by atoms with van der Waals surface area (Å²) in [5.41, 5.74) is 25.7. The Balaban J connectivity index is 0.809. The molecule has 0 aliphatic rings. The molecule has 7 aromatic heterocycles. The highest BCUT2D eigenvalue weighted by atomic mass is 16.4. The fourth-order valence-electron chi connectivity index (χ4n) is 17.1. The molecule has 0 atom stereocenters. The first-order chi connectivity index (χ1) is 51.4. The van der Waals surface area contributed by atoms with Gasteiger partial charge in [-0.15, -0.1) is 0 Å². The first kappa shape index (κ1) is 56.9. The van der Waals surface area contributed by atoms with Crippen molar-refractivity contribution in [2.75, 3.05) is 0 Å². The van der Waals surface area contributed by atoms with Crippen LogP contribution in [0.2, 0.25) is 0 Å². The number of hydrogen-bond acceptors (Lipinski definition) is 6. The van der Waals surface area contributed by atoms with Gasteiger partial charge in [0.1, 0.15) is 67.0 Å². The van der Waals surface area contributed by atoms with Crippen molar-refractivity contribution >= 4 is 153 Å². The van der Waals surface area contributed by atoms with Crippen molar-refractivity contribution in [1.82, 2.24) is 4.98 Å². The maximum absolute atomic E-state index is 7.01. The zero-order valence-corrected chi connectivity index (χ0v) is 55.6. The predicted octanol–water partition coefficient (Wildman–Crippen LogP) is 27.4. The van der Waals surface area contributed by atoms with Crippen molar-refractivity contribution in [3.8, 4) is 55.6 Å². The summed E-state index contributed by atoms with van der Waals surface area (Å²) >= 11 is 0. The topological polar surface area (TPSA) is 94.6 Å². The second-order valence-corrected chi connectivity index (χ2v) is 27.9. The van der Waals surface area contributed by atoms with Crippen molar-refractivity contribution < 1.29 is 26.5 Å². The summed E-state index contributed by atoms with van der Waals surface area (Å²) in [6.07, 6.45) is 0. The van der Waals surface area contributed by atoms with E-state index >= 15 is 0 Å². The number of furan rings is 6. The first-order valence-corrected chi connectivity index (χ1v) is 35.3. The van der Waals surface area contributed by atoms with Gasteiger partial charge in [0, 0.05) is 99.1 Å². The number of fused-ring (bicyclic) bond motifs is 21. The predicted molar refractivity (Wildman–Crippen MR) is 425 cm³/mol. The molecule has 0 unspecified atom stereocenters. The molecule has 0 aliphatic carbocycles. The highest BCUT2D eigenvalue weighted by Crippen LogP contribution is 2.52. The lowest BCUT2D eigenvalue weighted by Gasteiger charge is -2.37. The van der Waals surface area contributed by atoms with E-state index in [1.165, 1.54) is 11.1 Å². The van der Waals surface area contributed by atoms with Gasteiger partial charge in [-0.2, -0.15) is 0 Å². The summed E-state index contributed by atoms with van der Waals surface area (Å²) in [6, 6.07) is 118. The third kappa shape index (κ3) is 8.52. The van der Waals surface area contributed by atoms with E-state index in [4.69, 9.17) is 26.5 Å². The molecule has 0 fully saturated rings. The largest absolute Gasteiger partial charge is 0.456 e. The smallest absolute Gasteiger partial charge is 0.139 e. The molecular formula is C97H55NO6. The average Bonchev–Trinajstić information content (AvgIpc) is 1.34. The summed E-state index contributed by atoms with van der Waals surface area (Å²) in [5.74, 6) is 0. The average molecular weight is 1330 g/mol. The van der Waals surface area contributed by atoms with Crippen LogP contribution in [0.3, 0.4) is 0 Å². The summed E-state index contributed by atoms with van der Waals surface area (Å²) < 4.78 is 41.2. The number of nitrogens with one attached hydrogen (secondary N) is 1. The van der Waals surface area contributed by atoms with Crippen molar-refractivity contribution in [1.29, 1.82) is 0 Å². The lowest BCUT2D eigenvalue weighted by atomic mass is 9.64. The maximum atomic E-state index is 7.01. The van der Waals surface area contributed by atoms with Gasteiger partial charge in [-0.1, -0.05) is 188 Å². The SMILES string of the molecule is c1ccc(-c2cccc(-c3ccc4oc5ccc(C(c6ccc7oc8cc9[nH]c%10ccc(-c%11ccccc%11)cc%10c9cc8c7c6)(c6ccc7oc8cc9oc%10ccc(-c%11ccccc%11)cc%10c9cc8c7c6)c6ccc7oc8cc9oc%10ccc(-c%11ccccc%11)cc%10c9cc8c7c6)cc5c4c3)c2)cc1. The van der Waals surface area contributed by atoms with Crippen LogP contribution in [0, 0.1) is 0 Å². The van der Waals surface area contributed by atoms with Crippen molar-refractivity contribution in [3.63, 3.8) is 0 Å². The molecule has 7 nitrogen and oxygen atoms in total. The molecular weight excluding hydrogens is 1280 g/mol. The Morgan fingerprint density at radius 1 is 0.154 bits per heavy atom. The second-order valence-electron chi connectivity index (χ2n) is 27.9. The van der Waals surface area contributed by atoms with Crippen LogP contribution >= 0.6 is 0 Å². The molecule has 0 saturated heterocycles. The molecule has 16 aromatic carbocycles. The second kappa shape index (κ2) is 21.6. The lowest BCUT2D eigenvalue weighted by Crippen LogP contribution is -2.31. The van der Waals surface area contributed by atoms with Crippen molar-refractivity contribution in [3.05, 3.63) is 350 Å². The Kier molecular flexibility index (Phi) is 11.8. The molecule has 0 saturated carbocycles. The van der Waals surface area contributed by atoms with Gasteiger partial charge in [0.15, 0.2) is 0 Å². The number of rotatable bonds is 9. The molecule has 0 spiro atoms. The quantitative estimate of drug-likeness (QED) is 0.145. The van der Waals surface area contributed by atoms with Crippen LogP contribution in [-0.4, -0.2) is 4.98 Å². The van der Waals surface area contributed by atoms with E-state index in [0.717, 1.165) is 220 Å². The zero-order chi connectivity index (χ0) is 67.9. The minimum atomic E-state index is -1.10. The van der Waals surface area contributed by atoms with Crippen molar-refractivity contribution in [2.45, 2.75) is 5.41 Å². The minimum absolute atomic E-state index is 0.736. The van der Waals surface area contributed by atoms with Crippen LogP contribution in [0.4, 0.5) is 0 Å². The highest BCUT2D eigenvalue weighted by molar-refractivity contribution is 6.20. The number of benzene rings is 16. The van der Waals surface area contributed by atoms with Crippen LogP contribution < -0.4 is 0 Å². The van der Waals surface area contributed by atoms with Gasteiger partial charge in [-0.25, -0.2) is 0 Å². The molecule has 7 heterocycles.